The second kappa shape index (κ2) is 14.9. The molecule has 1 aliphatic carbocycles. The van der Waals surface area contributed by atoms with Crippen LogP contribution >= 0.6 is 0 Å². The smallest absolute Gasteiger partial charge is 0.338 e. The van der Waals surface area contributed by atoms with E-state index >= 15 is 0 Å². The zero-order valence-corrected chi connectivity index (χ0v) is 26.9. The summed E-state index contributed by atoms with van der Waals surface area (Å²) in [7, 11) is -2.09. The predicted molar refractivity (Wildman–Crippen MR) is 174 cm³/mol. The first-order valence-corrected chi connectivity index (χ1v) is 17.3. The number of rotatable bonds is 16. The van der Waals surface area contributed by atoms with Gasteiger partial charge in [0.05, 0.1) is 30.1 Å². The van der Waals surface area contributed by atoms with Crippen LogP contribution in [-0.4, -0.2) is 47.1 Å². The van der Waals surface area contributed by atoms with Gasteiger partial charge in [0.1, 0.15) is 22.9 Å². The quantitative estimate of drug-likeness (QED) is 0.102. The summed E-state index contributed by atoms with van der Waals surface area (Å²) in [5, 5.41) is 3.26. The minimum Gasteiger partial charge on any atom is -0.494 e. The van der Waals surface area contributed by atoms with Crippen molar-refractivity contribution in [1.29, 1.82) is 0 Å². The maximum absolute atomic E-state index is 13.6. The summed E-state index contributed by atoms with van der Waals surface area (Å²) in [6, 6.07) is 16.2. The van der Waals surface area contributed by atoms with Crippen molar-refractivity contribution in [2.75, 3.05) is 26.8 Å². The van der Waals surface area contributed by atoms with Crippen LogP contribution in [0.15, 0.2) is 65.1 Å². The molecular formula is C35H39FN2O7S. The fourth-order valence-electron chi connectivity index (χ4n) is 5.41. The SMILES string of the molecule is CCOC(=O)c1ccc(OCCCCCCNS(=O)(=O)Cc2cc3oc(-c4ccc(F)cc4)c(C(=O)NC)c3cc2C2CC2)cc1. The molecule has 0 saturated heterocycles. The number of sulfonamides is 1. The van der Waals surface area contributed by atoms with Crippen molar-refractivity contribution < 1.29 is 36.3 Å². The normalized spacial score (nSPS) is 13.1. The summed E-state index contributed by atoms with van der Waals surface area (Å²) in [4.78, 5) is 24.7. The summed E-state index contributed by atoms with van der Waals surface area (Å²) >= 11 is 0. The van der Waals surface area contributed by atoms with Gasteiger partial charge in [-0.1, -0.05) is 12.8 Å². The molecule has 1 heterocycles. The highest BCUT2D eigenvalue weighted by Crippen LogP contribution is 2.45. The number of carbonyl (C=O) groups excluding carboxylic acids is 2. The molecule has 2 N–H and O–H groups in total. The number of amides is 1. The molecule has 1 saturated carbocycles. The molecule has 4 aromatic rings. The lowest BCUT2D eigenvalue weighted by Crippen LogP contribution is -2.26. The zero-order valence-electron chi connectivity index (χ0n) is 26.1. The highest BCUT2D eigenvalue weighted by Gasteiger charge is 2.31. The van der Waals surface area contributed by atoms with E-state index in [-0.39, 0.29) is 23.5 Å². The Bertz CT molecular complexity index is 1780. The van der Waals surface area contributed by atoms with E-state index in [2.05, 4.69) is 10.0 Å². The third-order valence-corrected chi connectivity index (χ3v) is 9.24. The molecule has 3 aromatic carbocycles. The number of furan rings is 1. The van der Waals surface area contributed by atoms with Gasteiger partial charge in [-0.05, 0) is 110 Å². The second-order valence-corrected chi connectivity index (χ2v) is 13.2. The van der Waals surface area contributed by atoms with E-state index in [0.717, 1.165) is 37.7 Å². The van der Waals surface area contributed by atoms with Crippen LogP contribution in [0.5, 0.6) is 5.75 Å². The fourth-order valence-corrected chi connectivity index (χ4v) is 6.63. The summed E-state index contributed by atoms with van der Waals surface area (Å²) in [5.41, 5.74) is 3.34. The van der Waals surface area contributed by atoms with Crippen LogP contribution in [0.1, 0.15) is 83.2 Å². The first-order chi connectivity index (χ1) is 22.2. The molecule has 46 heavy (non-hydrogen) atoms. The molecule has 0 atom stereocenters. The van der Waals surface area contributed by atoms with Crippen molar-refractivity contribution in [1.82, 2.24) is 10.0 Å². The van der Waals surface area contributed by atoms with Crippen molar-refractivity contribution in [3.05, 3.63) is 88.7 Å². The third kappa shape index (κ3) is 8.32. The Balaban J connectivity index is 1.15. The Labute approximate surface area is 268 Å². The Morgan fingerprint density at radius 1 is 0.978 bits per heavy atom. The lowest BCUT2D eigenvalue weighted by molar-refractivity contribution is 0.0526. The fraction of sp³-hybridized carbons (Fsp3) is 0.371. The molecule has 1 fully saturated rings. The summed E-state index contributed by atoms with van der Waals surface area (Å²) < 4.78 is 59.4. The number of fused-ring (bicyclic) bond motifs is 1. The number of esters is 1. The van der Waals surface area contributed by atoms with Gasteiger partial charge >= 0.3 is 5.97 Å². The lowest BCUT2D eigenvalue weighted by atomic mass is 9.98. The molecule has 0 aliphatic heterocycles. The van der Waals surface area contributed by atoms with Gasteiger partial charge in [0, 0.05) is 24.5 Å². The van der Waals surface area contributed by atoms with Crippen molar-refractivity contribution in [3.63, 3.8) is 0 Å². The predicted octanol–water partition coefficient (Wildman–Crippen LogP) is 6.71. The molecule has 244 valence electrons. The number of hydrogen-bond donors (Lipinski definition) is 2. The maximum Gasteiger partial charge on any atom is 0.338 e. The van der Waals surface area contributed by atoms with Crippen LogP contribution in [-0.2, 0) is 20.5 Å². The third-order valence-electron chi connectivity index (χ3n) is 7.90. The van der Waals surface area contributed by atoms with Crippen LogP contribution in [0, 0.1) is 5.82 Å². The van der Waals surface area contributed by atoms with Gasteiger partial charge < -0.3 is 19.2 Å². The first-order valence-electron chi connectivity index (χ1n) is 15.6. The van der Waals surface area contributed by atoms with Crippen molar-refractivity contribution in [3.8, 4) is 17.1 Å². The molecule has 0 bridgehead atoms. The van der Waals surface area contributed by atoms with Gasteiger partial charge in [0.2, 0.25) is 10.0 Å². The number of hydrogen-bond acceptors (Lipinski definition) is 7. The molecule has 11 heteroatoms. The summed E-state index contributed by atoms with van der Waals surface area (Å²) in [6.45, 7) is 2.94. The first kappa shape index (κ1) is 33.2. The minimum atomic E-state index is -3.63. The number of carbonyl (C=O) groups is 2. The van der Waals surface area contributed by atoms with E-state index in [1.54, 1.807) is 49.4 Å². The molecule has 1 aliphatic rings. The Hall–Kier alpha value is -4.22. The standard InChI is InChI=1S/C35H39FN2O7S/c1-3-43-35(40)25-12-16-28(17-13-25)44-19-7-5-4-6-18-38-46(41,42)22-26-20-31-30(21-29(26)23-8-9-23)32(34(39)37-2)33(45-31)24-10-14-27(36)15-11-24/h10-17,20-21,23,38H,3-9,18-19,22H2,1-2H3,(H,37,39). The van der Waals surface area contributed by atoms with Crippen LogP contribution in [0.4, 0.5) is 4.39 Å². The average molecular weight is 651 g/mol. The van der Waals surface area contributed by atoms with Gasteiger partial charge in [-0.15, -0.1) is 0 Å². The van der Waals surface area contributed by atoms with Crippen LogP contribution in [0.25, 0.3) is 22.3 Å². The van der Waals surface area contributed by atoms with Gasteiger partial charge in [-0.25, -0.2) is 22.3 Å². The molecule has 0 radical (unpaired) electrons. The van der Waals surface area contributed by atoms with E-state index in [1.807, 2.05) is 6.07 Å². The molecule has 1 amide bonds. The van der Waals surface area contributed by atoms with Crippen molar-refractivity contribution in [2.24, 2.45) is 0 Å². The largest absolute Gasteiger partial charge is 0.494 e. The molecule has 1 aromatic heterocycles. The topological polar surface area (TPSA) is 124 Å². The van der Waals surface area contributed by atoms with Gasteiger partial charge in [-0.2, -0.15) is 0 Å². The average Bonchev–Trinajstić information content (AvgIpc) is 3.82. The Kier molecular flexibility index (Phi) is 10.7. The molecule has 0 unspecified atom stereocenters. The lowest BCUT2D eigenvalue weighted by Gasteiger charge is -2.12. The van der Waals surface area contributed by atoms with Gasteiger partial charge in [0.25, 0.3) is 5.91 Å². The Morgan fingerprint density at radius 3 is 2.37 bits per heavy atom. The van der Waals surface area contributed by atoms with E-state index in [9.17, 15) is 22.4 Å². The highest BCUT2D eigenvalue weighted by molar-refractivity contribution is 7.88. The summed E-state index contributed by atoms with van der Waals surface area (Å²) in [5.74, 6) is -0.0727. The molecule has 0 spiro atoms. The van der Waals surface area contributed by atoms with Gasteiger partial charge in [0.15, 0.2) is 0 Å². The molecular weight excluding hydrogens is 611 g/mol. The van der Waals surface area contributed by atoms with E-state index in [1.165, 1.54) is 19.2 Å². The number of unbranched alkanes of at least 4 members (excludes halogenated alkanes) is 3. The number of halogens is 1. The highest BCUT2D eigenvalue weighted by atomic mass is 32.2. The zero-order chi connectivity index (χ0) is 32.7. The number of ether oxygens (including phenoxy) is 2. The van der Waals surface area contributed by atoms with Crippen LogP contribution < -0.4 is 14.8 Å². The van der Waals surface area contributed by atoms with E-state index < -0.39 is 15.8 Å². The maximum atomic E-state index is 13.6. The minimum absolute atomic E-state index is 0.195. The van der Waals surface area contributed by atoms with E-state index in [0.29, 0.717) is 70.9 Å². The number of benzene rings is 3. The molecule has 9 nitrogen and oxygen atoms in total. The second-order valence-electron chi connectivity index (χ2n) is 11.4. The molecule has 5 rings (SSSR count). The monoisotopic (exact) mass is 650 g/mol. The van der Waals surface area contributed by atoms with Gasteiger partial charge in [-0.3, -0.25) is 4.79 Å². The van der Waals surface area contributed by atoms with Crippen LogP contribution in [0.3, 0.4) is 0 Å². The van der Waals surface area contributed by atoms with E-state index in [4.69, 9.17) is 13.9 Å². The van der Waals surface area contributed by atoms with Crippen molar-refractivity contribution >= 4 is 32.9 Å². The van der Waals surface area contributed by atoms with Crippen molar-refractivity contribution in [2.45, 2.75) is 57.1 Å². The summed E-state index contributed by atoms with van der Waals surface area (Å²) in [6.07, 6.45) is 5.13. The van der Waals surface area contributed by atoms with Crippen LogP contribution in [0.2, 0.25) is 0 Å². The number of nitrogens with one attached hydrogen (secondary N) is 2. The Morgan fingerprint density at radius 2 is 1.70 bits per heavy atom.